The van der Waals surface area contributed by atoms with E-state index >= 15 is 0 Å². The van der Waals surface area contributed by atoms with Gasteiger partial charge >= 0.3 is 0 Å². The third-order valence-electron chi connectivity index (χ3n) is 3.97. The van der Waals surface area contributed by atoms with Gasteiger partial charge in [-0.25, -0.2) is 4.99 Å². The second-order valence-electron chi connectivity index (χ2n) is 5.78. The Morgan fingerprint density at radius 3 is 2.30 bits per heavy atom. The molecule has 0 N–H and O–H groups in total. The van der Waals surface area contributed by atoms with E-state index in [-0.39, 0.29) is 17.3 Å². The summed E-state index contributed by atoms with van der Waals surface area (Å²) in [5, 5.41) is 19.5. The first kappa shape index (κ1) is 17.8. The molecule has 0 aliphatic carbocycles. The van der Waals surface area contributed by atoms with Crippen molar-refractivity contribution in [1.82, 2.24) is 4.90 Å². The smallest absolute Gasteiger partial charge is 0.277 e. The quantitative estimate of drug-likeness (QED) is 0.475. The van der Waals surface area contributed by atoms with Crippen molar-refractivity contribution in [3.63, 3.8) is 0 Å². The second kappa shape index (κ2) is 7.45. The van der Waals surface area contributed by atoms with E-state index in [1.807, 2.05) is 0 Å². The number of nitro groups is 1. The minimum atomic E-state index is -0.477. The largest absolute Gasteiger partial charge is 0.294 e. The predicted octanol–water partition coefficient (Wildman–Crippen LogP) is 3.39. The molecule has 7 heteroatoms. The minimum absolute atomic E-state index is 0.0124. The Balaban J connectivity index is 1.82. The van der Waals surface area contributed by atoms with Crippen molar-refractivity contribution >= 4 is 29.6 Å². The summed E-state index contributed by atoms with van der Waals surface area (Å²) in [6, 6.07) is 15.0. The highest BCUT2D eigenvalue weighted by Crippen LogP contribution is 2.20. The molecule has 2 aromatic carbocycles. The fraction of sp³-hybridized carbons (Fsp3) is 0.0500. The summed E-state index contributed by atoms with van der Waals surface area (Å²) < 4.78 is 0. The van der Waals surface area contributed by atoms with E-state index < -0.39 is 4.92 Å². The molecule has 3 rings (SSSR count). The van der Waals surface area contributed by atoms with Crippen molar-refractivity contribution in [1.29, 1.82) is 5.26 Å². The number of amides is 1. The summed E-state index contributed by atoms with van der Waals surface area (Å²) in [5.74, 6) is 0.227. The van der Waals surface area contributed by atoms with E-state index in [9.17, 15) is 14.9 Å². The van der Waals surface area contributed by atoms with Crippen molar-refractivity contribution < 1.29 is 9.72 Å². The van der Waals surface area contributed by atoms with Crippen LogP contribution in [0.25, 0.3) is 12.2 Å². The van der Waals surface area contributed by atoms with Gasteiger partial charge in [-0.3, -0.25) is 19.8 Å². The van der Waals surface area contributed by atoms with Gasteiger partial charge in [0, 0.05) is 19.2 Å². The fourth-order valence-electron chi connectivity index (χ4n) is 2.45. The Hall–Kier alpha value is -4.05. The zero-order valence-corrected chi connectivity index (χ0v) is 14.4. The molecule has 0 aromatic heterocycles. The van der Waals surface area contributed by atoms with Crippen molar-refractivity contribution in [2.24, 2.45) is 4.99 Å². The number of carbonyl (C=O) groups is 1. The van der Waals surface area contributed by atoms with Crippen LogP contribution in [0.2, 0.25) is 0 Å². The molecule has 7 nitrogen and oxygen atoms in total. The van der Waals surface area contributed by atoms with E-state index in [2.05, 4.69) is 11.1 Å². The highest BCUT2D eigenvalue weighted by Gasteiger charge is 2.25. The third kappa shape index (κ3) is 3.96. The highest BCUT2D eigenvalue weighted by molar-refractivity contribution is 6.18. The molecule has 0 saturated heterocycles. The van der Waals surface area contributed by atoms with Crippen molar-refractivity contribution in [2.75, 3.05) is 7.05 Å². The van der Waals surface area contributed by atoms with Crippen LogP contribution in [0.3, 0.4) is 0 Å². The Kier molecular flexibility index (Phi) is 4.90. The molecule has 0 spiro atoms. The summed E-state index contributed by atoms with van der Waals surface area (Å²) >= 11 is 0. The van der Waals surface area contributed by atoms with Gasteiger partial charge in [0.2, 0.25) is 0 Å². The standard InChI is InChI=1S/C20H14N4O3/c1-23-19(11-8-14-2-4-16(13-21)5-3-14)22-18(20(23)25)12-15-6-9-17(10-7-15)24(26)27/h2-12H,1H3/b11-8+,18-12-. The molecular formula is C20H14N4O3. The Morgan fingerprint density at radius 1 is 1.07 bits per heavy atom. The lowest BCUT2D eigenvalue weighted by atomic mass is 10.1. The number of nitriles is 1. The maximum absolute atomic E-state index is 12.4. The van der Waals surface area contributed by atoms with Crippen LogP contribution >= 0.6 is 0 Å². The number of benzene rings is 2. The SMILES string of the molecule is CN1C(=O)/C(=C/c2ccc([N+](=O)[O-])cc2)N=C1/C=C/c1ccc(C#N)cc1. The zero-order valence-electron chi connectivity index (χ0n) is 14.4. The van der Waals surface area contributed by atoms with Crippen molar-refractivity contribution in [2.45, 2.75) is 0 Å². The van der Waals surface area contributed by atoms with Crippen LogP contribution in [-0.4, -0.2) is 28.6 Å². The van der Waals surface area contributed by atoms with Crippen molar-refractivity contribution in [3.8, 4) is 6.07 Å². The number of nitrogens with zero attached hydrogens (tertiary/aromatic N) is 4. The average Bonchev–Trinajstić information content (AvgIpc) is 2.95. The summed E-state index contributed by atoms with van der Waals surface area (Å²) in [7, 11) is 1.63. The van der Waals surface area contributed by atoms with Crippen LogP contribution in [0.5, 0.6) is 0 Å². The lowest BCUT2D eigenvalue weighted by Crippen LogP contribution is -2.26. The Bertz CT molecular complexity index is 1030. The number of aliphatic imine (C=N–C) groups is 1. The molecular weight excluding hydrogens is 344 g/mol. The van der Waals surface area contributed by atoms with Gasteiger partial charge in [0.25, 0.3) is 11.6 Å². The highest BCUT2D eigenvalue weighted by atomic mass is 16.6. The number of rotatable bonds is 4. The molecule has 1 aliphatic rings. The summed E-state index contributed by atoms with van der Waals surface area (Å²) in [6.45, 7) is 0. The summed E-state index contributed by atoms with van der Waals surface area (Å²) in [6.07, 6.45) is 5.11. The van der Waals surface area contributed by atoms with Gasteiger partial charge in [0.15, 0.2) is 0 Å². The van der Waals surface area contributed by atoms with Crippen LogP contribution in [0.1, 0.15) is 16.7 Å². The number of hydrogen-bond acceptors (Lipinski definition) is 5. The number of likely N-dealkylation sites (N-methyl/N-ethyl adjacent to an activating group) is 1. The second-order valence-corrected chi connectivity index (χ2v) is 5.78. The maximum atomic E-state index is 12.4. The Morgan fingerprint density at radius 2 is 1.70 bits per heavy atom. The molecule has 132 valence electrons. The van der Waals surface area contributed by atoms with Crippen LogP contribution in [-0.2, 0) is 4.79 Å². The van der Waals surface area contributed by atoms with E-state index in [0.717, 1.165) is 5.56 Å². The molecule has 0 fully saturated rings. The van der Waals surface area contributed by atoms with Gasteiger partial charge in [0.05, 0.1) is 16.6 Å². The van der Waals surface area contributed by atoms with Gasteiger partial charge in [0.1, 0.15) is 11.5 Å². The summed E-state index contributed by atoms with van der Waals surface area (Å²) in [4.78, 5) is 28.3. The lowest BCUT2D eigenvalue weighted by molar-refractivity contribution is -0.384. The third-order valence-corrected chi connectivity index (χ3v) is 3.97. The van der Waals surface area contributed by atoms with Gasteiger partial charge < -0.3 is 0 Å². The Labute approximate surface area is 155 Å². The first-order valence-electron chi connectivity index (χ1n) is 7.99. The topological polar surface area (TPSA) is 99.6 Å². The van der Waals surface area contributed by atoms with Gasteiger partial charge in [-0.1, -0.05) is 18.2 Å². The lowest BCUT2D eigenvalue weighted by Gasteiger charge is -2.07. The maximum Gasteiger partial charge on any atom is 0.277 e. The monoisotopic (exact) mass is 358 g/mol. The fourth-order valence-corrected chi connectivity index (χ4v) is 2.45. The van der Waals surface area contributed by atoms with Crippen LogP contribution in [0.15, 0.2) is 65.3 Å². The summed E-state index contributed by atoms with van der Waals surface area (Å²) in [5.41, 5.74) is 2.35. The average molecular weight is 358 g/mol. The van der Waals surface area contributed by atoms with E-state index in [0.29, 0.717) is 17.0 Å². The van der Waals surface area contributed by atoms with Crippen molar-refractivity contribution in [3.05, 3.63) is 87.1 Å². The number of carbonyl (C=O) groups excluding carboxylic acids is 1. The number of nitro benzene ring substituents is 1. The van der Waals surface area contributed by atoms with Crippen LogP contribution in [0.4, 0.5) is 5.69 Å². The van der Waals surface area contributed by atoms with Gasteiger partial charge in [-0.05, 0) is 47.5 Å². The van der Waals surface area contributed by atoms with Crippen LogP contribution < -0.4 is 0 Å². The van der Waals surface area contributed by atoms with Gasteiger partial charge in [-0.2, -0.15) is 5.26 Å². The number of amidine groups is 1. The van der Waals surface area contributed by atoms with Crippen LogP contribution in [0, 0.1) is 21.4 Å². The van der Waals surface area contributed by atoms with E-state index in [4.69, 9.17) is 5.26 Å². The van der Waals surface area contributed by atoms with Gasteiger partial charge in [-0.15, -0.1) is 0 Å². The first-order valence-corrected chi connectivity index (χ1v) is 7.99. The zero-order chi connectivity index (χ0) is 19.4. The number of non-ortho nitro benzene ring substituents is 1. The first-order chi connectivity index (χ1) is 13.0. The van der Waals surface area contributed by atoms with E-state index in [1.54, 1.807) is 61.7 Å². The van der Waals surface area contributed by atoms with E-state index in [1.165, 1.54) is 17.0 Å². The normalized spacial score (nSPS) is 15.3. The molecule has 0 bridgehead atoms. The molecule has 0 unspecified atom stereocenters. The predicted molar refractivity (Wildman–Crippen MR) is 101 cm³/mol. The molecule has 2 aromatic rings. The molecule has 0 saturated carbocycles. The minimum Gasteiger partial charge on any atom is -0.294 e. The molecule has 27 heavy (non-hydrogen) atoms. The molecule has 0 atom stereocenters. The molecule has 1 amide bonds. The molecule has 1 heterocycles. The molecule has 0 radical (unpaired) electrons. The number of hydrogen-bond donors (Lipinski definition) is 0. The molecule has 1 aliphatic heterocycles.